The van der Waals surface area contributed by atoms with E-state index in [1.165, 1.54) is 0 Å². The second kappa shape index (κ2) is 7.90. The highest BCUT2D eigenvalue weighted by Crippen LogP contribution is 2.17. The monoisotopic (exact) mass is 324 g/mol. The fraction of sp³-hybridized carbons (Fsp3) is 0.500. The van der Waals surface area contributed by atoms with Gasteiger partial charge in [-0.1, -0.05) is 23.2 Å². The maximum absolute atomic E-state index is 11.6. The Bertz CT molecular complexity index is 417. The third-order valence-corrected chi connectivity index (χ3v) is 3.23. The highest BCUT2D eigenvalue weighted by atomic mass is 35.5. The van der Waals surface area contributed by atoms with Crippen molar-refractivity contribution < 1.29 is 9.53 Å². The van der Waals surface area contributed by atoms with Crippen LogP contribution in [0.25, 0.3) is 0 Å². The number of halogens is 3. The van der Waals surface area contributed by atoms with Crippen LogP contribution in [0.2, 0.25) is 10.3 Å². The van der Waals surface area contributed by atoms with Gasteiger partial charge in [-0.15, -0.1) is 12.4 Å². The molecule has 0 aromatic carbocycles. The first-order valence-corrected chi connectivity index (χ1v) is 6.57. The molecule has 106 valence electrons. The third kappa shape index (κ3) is 5.53. The number of carbonyl (C=O) groups excluding carboxylic acids is 1. The Morgan fingerprint density at radius 3 is 2.68 bits per heavy atom. The molecule has 1 atom stereocenters. The average Bonchev–Trinajstić information content (AvgIpc) is 2.78. The third-order valence-electron chi connectivity index (χ3n) is 2.84. The molecule has 1 aliphatic rings. The Hall–Kier alpha value is -0.550. The molecule has 19 heavy (non-hydrogen) atoms. The van der Waals surface area contributed by atoms with E-state index in [0.29, 0.717) is 22.6 Å². The molecule has 2 rings (SSSR count). The molecule has 7 heteroatoms. The van der Waals surface area contributed by atoms with Gasteiger partial charge in [0.2, 0.25) is 0 Å². The second-order valence-electron chi connectivity index (χ2n) is 4.34. The second-order valence-corrected chi connectivity index (χ2v) is 5.12. The predicted octanol–water partition coefficient (Wildman–Crippen LogP) is 2.85. The molecule has 0 saturated carbocycles. The summed E-state index contributed by atoms with van der Waals surface area (Å²) in [6.45, 7) is 2.05. The van der Waals surface area contributed by atoms with E-state index in [1.54, 1.807) is 12.1 Å². The van der Waals surface area contributed by atoms with Gasteiger partial charge in [-0.3, -0.25) is 4.79 Å². The van der Waals surface area contributed by atoms with Gasteiger partial charge in [0, 0.05) is 6.42 Å². The van der Waals surface area contributed by atoms with Crippen LogP contribution in [0, 0.1) is 5.92 Å². The summed E-state index contributed by atoms with van der Waals surface area (Å²) >= 11 is 11.5. The smallest absolute Gasteiger partial charge is 0.306 e. The lowest BCUT2D eigenvalue weighted by Crippen LogP contribution is -2.14. The highest BCUT2D eigenvalue weighted by Gasteiger charge is 2.18. The zero-order valence-electron chi connectivity index (χ0n) is 10.2. The van der Waals surface area contributed by atoms with Crippen LogP contribution in [0.1, 0.15) is 18.4 Å². The van der Waals surface area contributed by atoms with Crippen LogP contribution in [0.15, 0.2) is 12.1 Å². The van der Waals surface area contributed by atoms with Crippen LogP contribution >= 0.6 is 35.6 Å². The summed E-state index contributed by atoms with van der Waals surface area (Å²) in [5, 5.41) is 3.81. The van der Waals surface area contributed by atoms with Crippen molar-refractivity contribution in [3.8, 4) is 0 Å². The van der Waals surface area contributed by atoms with Gasteiger partial charge >= 0.3 is 5.97 Å². The van der Waals surface area contributed by atoms with Gasteiger partial charge in [0.15, 0.2) is 0 Å². The van der Waals surface area contributed by atoms with Gasteiger partial charge in [-0.2, -0.15) is 0 Å². The molecule has 1 saturated heterocycles. The summed E-state index contributed by atoms with van der Waals surface area (Å²) in [6.07, 6.45) is 1.49. The molecule has 0 aliphatic carbocycles. The minimum absolute atomic E-state index is 0. The Morgan fingerprint density at radius 2 is 2.11 bits per heavy atom. The fourth-order valence-corrected chi connectivity index (χ4v) is 2.45. The number of pyridine rings is 1. The number of hydrogen-bond acceptors (Lipinski definition) is 4. The lowest BCUT2D eigenvalue weighted by Gasteiger charge is -2.09. The van der Waals surface area contributed by atoms with Crippen molar-refractivity contribution in [2.45, 2.75) is 19.4 Å². The van der Waals surface area contributed by atoms with Crippen LogP contribution in [0.4, 0.5) is 0 Å². The summed E-state index contributed by atoms with van der Waals surface area (Å²) in [5.74, 6) is 0.204. The molecule has 1 N–H and O–H groups in total. The van der Waals surface area contributed by atoms with Gasteiger partial charge in [0.25, 0.3) is 0 Å². The van der Waals surface area contributed by atoms with E-state index in [9.17, 15) is 4.79 Å². The molecule has 1 aromatic heterocycles. The molecule has 0 radical (unpaired) electrons. The van der Waals surface area contributed by atoms with Crippen LogP contribution in [-0.4, -0.2) is 24.0 Å². The van der Waals surface area contributed by atoms with Crippen molar-refractivity contribution in [3.63, 3.8) is 0 Å². The summed E-state index contributed by atoms with van der Waals surface area (Å²) in [5.41, 5.74) is 0.748. The molecule has 0 bridgehead atoms. The first kappa shape index (κ1) is 16.5. The van der Waals surface area contributed by atoms with Crippen LogP contribution in [0.3, 0.4) is 0 Å². The van der Waals surface area contributed by atoms with Gasteiger partial charge in [0.05, 0.1) is 0 Å². The van der Waals surface area contributed by atoms with E-state index < -0.39 is 0 Å². The molecular weight excluding hydrogens is 311 g/mol. The molecule has 1 aromatic rings. The standard InChI is InChI=1S/C12H14Cl2N2O2.ClH/c13-10-3-9(4-11(14)16-10)7-18-12(17)5-8-1-2-15-6-8;/h3-4,8,15H,1-2,5-7H2;1H/t8-;/m0./s1. The number of hydrogen-bond donors (Lipinski definition) is 1. The zero-order valence-corrected chi connectivity index (χ0v) is 12.5. The molecule has 0 spiro atoms. The van der Waals surface area contributed by atoms with Crippen molar-refractivity contribution in [2.75, 3.05) is 13.1 Å². The van der Waals surface area contributed by atoms with Crippen LogP contribution in [0.5, 0.6) is 0 Å². The number of rotatable bonds is 4. The topological polar surface area (TPSA) is 51.2 Å². The number of aromatic nitrogens is 1. The molecular formula is C12H15Cl3N2O2. The molecule has 0 unspecified atom stereocenters. The number of esters is 1. The Kier molecular flexibility index (Phi) is 6.86. The molecule has 1 aliphatic heterocycles. The summed E-state index contributed by atoms with van der Waals surface area (Å²) in [4.78, 5) is 15.4. The highest BCUT2D eigenvalue weighted by molar-refractivity contribution is 6.32. The lowest BCUT2D eigenvalue weighted by atomic mass is 10.1. The molecule has 1 fully saturated rings. The number of ether oxygens (including phenoxy) is 1. The molecule has 2 heterocycles. The van der Waals surface area contributed by atoms with Crippen molar-refractivity contribution in [1.29, 1.82) is 0 Å². The first-order valence-electron chi connectivity index (χ1n) is 5.82. The van der Waals surface area contributed by atoms with Gasteiger partial charge in [0.1, 0.15) is 16.9 Å². The summed E-state index contributed by atoms with van der Waals surface area (Å²) in [7, 11) is 0. The largest absolute Gasteiger partial charge is 0.461 e. The quantitative estimate of drug-likeness (QED) is 0.683. The van der Waals surface area contributed by atoms with E-state index in [0.717, 1.165) is 25.1 Å². The Labute approximate surface area is 128 Å². The van der Waals surface area contributed by atoms with Crippen molar-refractivity contribution in [3.05, 3.63) is 28.0 Å². The van der Waals surface area contributed by atoms with Crippen molar-refractivity contribution in [1.82, 2.24) is 10.3 Å². The minimum Gasteiger partial charge on any atom is -0.461 e. The molecule has 0 amide bonds. The zero-order chi connectivity index (χ0) is 13.0. The van der Waals surface area contributed by atoms with E-state index in [1.807, 2.05) is 0 Å². The van der Waals surface area contributed by atoms with E-state index >= 15 is 0 Å². The normalized spacial score (nSPS) is 17.9. The van der Waals surface area contributed by atoms with E-state index in [2.05, 4.69) is 10.3 Å². The number of nitrogens with zero attached hydrogens (tertiary/aromatic N) is 1. The van der Waals surface area contributed by atoms with Crippen LogP contribution in [-0.2, 0) is 16.1 Å². The van der Waals surface area contributed by atoms with Gasteiger partial charge < -0.3 is 10.1 Å². The number of nitrogens with one attached hydrogen (secondary N) is 1. The van der Waals surface area contributed by atoms with E-state index in [4.69, 9.17) is 27.9 Å². The maximum Gasteiger partial charge on any atom is 0.306 e. The Balaban J connectivity index is 0.00000180. The minimum atomic E-state index is -0.187. The van der Waals surface area contributed by atoms with Gasteiger partial charge in [-0.05, 0) is 43.1 Å². The Morgan fingerprint density at radius 1 is 1.42 bits per heavy atom. The van der Waals surface area contributed by atoms with E-state index in [-0.39, 0.29) is 25.0 Å². The SMILES string of the molecule is Cl.O=C(C[C@@H]1CCNC1)OCc1cc(Cl)nc(Cl)c1. The van der Waals surface area contributed by atoms with Crippen LogP contribution < -0.4 is 5.32 Å². The average molecular weight is 326 g/mol. The summed E-state index contributed by atoms with van der Waals surface area (Å²) < 4.78 is 5.19. The maximum atomic E-state index is 11.6. The summed E-state index contributed by atoms with van der Waals surface area (Å²) in [6, 6.07) is 3.27. The predicted molar refractivity (Wildman–Crippen MR) is 76.9 cm³/mol. The molecule has 4 nitrogen and oxygen atoms in total. The van der Waals surface area contributed by atoms with Gasteiger partial charge in [-0.25, -0.2) is 4.98 Å². The van der Waals surface area contributed by atoms with Crippen molar-refractivity contribution in [2.24, 2.45) is 5.92 Å². The lowest BCUT2D eigenvalue weighted by molar-refractivity contribution is -0.145. The fourth-order valence-electron chi connectivity index (χ4n) is 1.94. The number of carbonyl (C=O) groups is 1. The van der Waals surface area contributed by atoms with Crippen molar-refractivity contribution >= 4 is 41.6 Å². The first-order chi connectivity index (χ1) is 8.63.